The van der Waals surface area contributed by atoms with Gasteiger partial charge in [0.2, 0.25) is 0 Å². The van der Waals surface area contributed by atoms with Crippen LogP contribution in [-0.4, -0.2) is 13.2 Å². The normalized spacial score (nSPS) is 11.4. The highest BCUT2D eigenvalue weighted by atomic mass is 19.4. The number of alkyl halides is 6. The van der Waals surface area contributed by atoms with Crippen molar-refractivity contribution >= 4 is 11.8 Å². The van der Waals surface area contributed by atoms with Gasteiger partial charge in [-0.25, -0.2) is 4.79 Å². The van der Waals surface area contributed by atoms with Gasteiger partial charge < -0.3 is 4.74 Å². The second kappa shape index (κ2) is 7.61. The molecule has 0 aliphatic carbocycles. The Labute approximate surface area is 149 Å². The molecule has 0 atom stereocenters. The van der Waals surface area contributed by atoms with Crippen LogP contribution in [0.2, 0.25) is 0 Å². The van der Waals surface area contributed by atoms with Crippen LogP contribution in [-0.2, 0) is 17.1 Å². The molecule has 27 heavy (non-hydrogen) atoms. The number of halogens is 6. The summed E-state index contributed by atoms with van der Waals surface area (Å²) >= 11 is 0. The van der Waals surface area contributed by atoms with Crippen molar-refractivity contribution in [2.24, 2.45) is 0 Å². The molecular weight excluding hydrogens is 376 g/mol. The fraction of sp³-hybridized carbons (Fsp3) is 0.167. The molecule has 2 rings (SSSR count). The Kier molecular flexibility index (Phi) is 5.69. The Morgan fingerprint density at radius 3 is 2.00 bits per heavy atom. The van der Waals surface area contributed by atoms with Crippen molar-refractivity contribution in [2.75, 3.05) is 12.4 Å². The Morgan fingerprint density at radius 2 is 1.48 bits per heavy atom. The molecule has 0 aromatic heterocycles. The summed E-state index contributed by atoms with van der Waals surface area (Å²) in [6.07, 6.45) is -10.7. The van der Waals surface area contributed by atoms with Crippen molar-refractivity contribution in [3.8, 4) is 11.8 Å². The first kappa shape index (κ1) is 20.2. The zero-order chi connectivity index (χ0) is 20.2. The van der Waals surface area contributed by atoms with E-state index in [2.05, 4.69) is 21.9 Å². The quantitative estimate of drug-likeness (QED) is 0.533. The number of nitrogens with one attached hydrogen (secondary N) is 1. The van der Waals surface area contributed by atoms with E-state index < -0.39 is 35.1 Å². The van der Waals surface area contributed by atoms with Gasteiger partial charge in [0.05, 0.1) is 23.9 Å². The minimum absolute atomic E-state index is 0.0257. The van der Waals surface area contributed by atoms with E-state index in [0.717, 1.165) is 7.11 Å². The van der Waals surface area contributed by atoms with E-state index in [1.807, 2.05) is 0 Å². The van der Waals surface area contributed by atoms with Crippen molar-refractivity contribution in [3.63, 3.8) is 0 Å². The molecule has 142 valence electrons. The Bertz CT molecular complexity index is 874. The highest BCUT2D eigenvalue weighted by Gasteiger charge is 2.36. The predicted octanol–water partition coefficient (Wildman–Crippen LogP) is 5.30. The monoisotopic (exact) mass is 387 g/mol. The number of methoxy groups -OCH3 is 1. The fourth-order valence-electron chi connectivity index (χ4n) is 2.03. The van der Waals surface area contributed by atoms with Crippen LogP contribution in [0.25, 0.3) is 0 Å². The molecule has 0 spiro atoms. The van der Waals surface area contributed by atoms with Gasteiger partial charge in [0.15, 0.2) is 0 Å². The molecule has 0 fully saturated rings. The molecule has 0 radical (unpaired) electrons. The van der Waals surface area contributed by atoms with Crippen molar-refractivity contribution < 1.29 is 35.9 Å². The smallest absolute Gasteiger partial charge is 0.416 e. The summed E-state index contributed by atoms with van der Waals surface area (Å²) in [6.45, 7) is 0. The third kappa shape index (κ3) is 5.41. The van der Waals surface area contributed by atoms with Gasteiger partial charge in [-0.05, 0) is 30.3 Å². The van der Waals surface area contributed by atoms with Crippen LogP contribution in [0.4, 0.5) is 36.8 Å². The van der Waals surface area contributed by atoms with E-state index in [1.165, 1.54) is 12.1 Å². The molecule has 0 aliphatic heterocycles. The molecule has 0 heterocycles. The number of anilines is 1. The number of carbonyl (C=O) groups is 1. The first-order valence-electron chi connectivity index (χ1n) is 7.26. The first-order valence-corrected chi connectivity index (χ1v) is 7.26. The number of rotatable bonds is 1. The number of amides is 1. The SMILES string of the molecule is COC(=O)Nc1ccccc1C#Cc1cc(C(F)(F)F)cc(C(F)(F)F)c1. The highest BCUT2D eigenvalue weighted by Crippen LogP contribution is 2.36. The molecule has 0 bridgehead atoms. The molecule has 2 aromatic rings. The maximum atomic E-state index is 12.9. The average molecular weight is 387 g/mol. The number of hydrogen-bond acceptors (Lipinski definition) is 2. The third-order valence-corrected chi connectivity index (χ3v) is 3.28. The molecule has 1 N–H and O–H groups in total. The van der Waals surface area contributed by atoms with Gasteiger partial charge in [0, 0.05) is 11.1 Å². The summed E-state index contributed by atoms with van der Waals surface area (Å²) in [6, 6.07) is 7.07. The van der Waals surface area contributed by atoms with Crippen LogP contribution in [0.15, 0.2) is 42.5 Å². The first-order chi connectivity index (χ1) is 12.5. The van der Waals surface area contributed by atoms with Crippen LogP contribution >= 0.6 is 0 Å². The third-order valence-electron chi connectivity index (χ3n) is 3.28. The number of carbonyl (C=O) groups excluding carboxylic acids is 1. The zero-order valence-corrected chi connectivity index (χ0v) is 13.6. The van der Waals surface area contributed by atoms with E-state index in [-0.39, 0.29) is 17.3 Å². The largest absolute Gasteiger partial charge is 0.453 e. The molecule has 0 unspecified atom stereocenters. The van der Waals surface area contributed by atoms with Gasteiger partial charge in [-0.3, -0.25) is 5.32 Å². The Morgan fingerprint density at radius 1 is 0.926 bits per heavy atom. The molecular formula is C18H11F6NO2. The minimum Gasteiger partial charge on any atom is -0.453 e. The van der Waals surface area contributed by atoms with Gasteiger partial charge >= 0.3 is 18.4 Å². The average Bonchev–Trinajstić information content (AvgIpc) is 2.59. The van der Waals surface area contributed by atoms with Crippen LogP contribution < -0.4 is 5.32 Å². The van der Waals surface area contributed by atoms with Crippen LogP contribution in [0.1, 0.15) is 22.3 Å². The van der Waals surface area contributed by atoms with Crippen LogP contribution in [0.5, 0.6) is 0 Å². The molecule has 1 amide bonds. The van der Waals surface area contributed by atoms with E-state index in [0.29, 0.717) is 12.1 Å². The number of ether oxygens (including phenoxy) is 1. The minimum atomic E-state index is -4.96. The summed E-state index contributed by atoms with van der Waals surface area (Å²) < 4.78 is 81.6. The molecule has 9 heteroatoms. The van der Waals surface area contributed by atoms with Crippen molar-refractivity contribution in [2.45, 2.75) is 12.4 Å². The van der Waals surface area contributed by atoms with Crippen LogP contribution in [0.3, 0.4) is 0 Å². The molecule has 3 nitrogen and oxygen atoms in total. The standard InChI is InChI=1S/C18H11F6NO2/c1-27-16(26)25-15-5-3-2-4-12(15)7-6-11-8-13(17(19,20)21)10-14(9-11)18(22,23)24/h2-5,8-10H,1H3,(H,25,26). The zero-order valence-electron chi connectivity index (χ0n) is 13.6. The summed E-state index contributed by atoms with van der Waals surface area (Å²) in [4.78, 5) is 11.3. The molecule has 0 aliphatic rings. The Balaban J connectivity index is 2.49. The summed E-state index contributed by atoms with van der Waals surface area (Å²) in [7, 11) is 1.13. The van der Waals surface area contributed by atoms with Crippen molar-refractivity contribution in [3.05, 3.63) is 64.7 Å². The van der Waals surface area contributed by atoms with E-state index in [4.69, 9.17) is 0 Å². The lowest BCUT2D eigenvalue weighted by Gasteiger charge is -2.12. The number of hydrogen-bond donors (Lipinski definition) is 1. The summed E-state index contributed by atoms with van der Waals surface area (Å²) in [5, 5.41) is 2.34. The molecule has 0 saturated heterocycles. The fourth-order valence-corrected chi connectivity index (χ4v) is 2.03. The summed E-state index contributed by atoms with van der Waals surface area (Å²) in [5.41, 5.74) is -3.00. The van der Waals surface area contributed by atoms with Gasteiger partial charge in [-0.2, -0.15) is 26.3 Å². The van der Waals surface area contributed by atoms with Gasteiger partial charge in [0.1, 0.15) is 0 Å². The lowest BCUT2D eigenvalue weighted by Crippen LogP contribution is -2.12. The van der Waals surface area contributed by atoms with E-state index in [1.54, 1.807) is 12.1 Å². The second-order valence-corrected chi connectivity index (χ2v) is 5.21. The van der Waals surface area contributed by atoms with E-state index >= 15 is 0 Å². The van der Waals surface area contributed by atoms with Crippen molar-refractivity contribution in [1.82, 2.24) is 0 Å². The van der Waals surface area contributed by atoms with Gasteiger partial charge in [-0.1, -0.05) is 24.0 Å². The Hall–Kier alpha value is -3.15. The van der Waals surface area contributed by atoms with E-state index in [9.17, 15) is 31.1 Å². The lowest BCUT2D eigenvalue weighted by molar-refractivity contribution is -0.143. The summed E-state index contributed by atoms with van der Waals surface area (Å²) in [5.74, 6) is 4.74. The molecule has 0 saturated carbocycles. The highest BCUT2D eigenvalue weighted by molar-refractivity contribution is 5.86. The predicted molar refractivity (Wildman–Crippen MR) is 84.9 cm³/mol. The molecule has 2 aromatic carbocycles. The maximum absolute atomic E-state index is 12.9. The van der Waals surface area contributed by atoms with Gasteiger partial charge in [0.25, 0.3) is 0 Å². The van der Waals surface area contributed by atoms with Crippen LogP contribution in [0, 0.1) is 11.8 Å². The lowest BCUT2D eigenvalue weighted by atomic mass is 10.0. The number of para-hydroxylation sites is 1. The van der Waals surface area contributed by atoms with Crippen molar-refractivity contribution in [1.29, 1.82) is 0 Å². The topological polar surface area (TPSA) is 38.3 Å². The maximum Gasteiger partial charge on any atom is 0.416 e. The number of benzene rings is 2. The second-order valence-electron chi connectivity index (χ2n) is 5.21. The van der Waals surface area contributed by atoms with Gasteiger partial charge in [-0.15, -0.1) is 0 Å².